The number of hydrogen-bond acceptors (Lipinski definition) is 2. The van der Waals surface area contributed by atoms with Crippen LogP contribution < -0.4 is 10.2 Å². The van der Waals surface area contributed by atoms with Crippen molar-refractivity contribution in [1.82, 2.24) is 5.32 Å². The normalized spacial score (nSPS) is 10.4. The van der Waals surface area contributed by atoms with Crippen LogP contribution in [0.4, 0.5) is 5.69 Å². The molecule has 0 aliphatic heterocycles. The first-order valence-electron chi connectivity index (χ1n) is 8.23. The van der Waals surface area contributed by atoms with E-state index in [9.17, 15) is 4.79 Å². The number of anilines is 1. The summed E-state index contributed by atoms with van der Waals surface area (Å²) >= 11 is 0. The van der Waals surface area contributed by atoms with Crippen LogP contribution in [-0.2, 0) is 12.8 Å². The van der Waals surface area contributed by atoms with Crippen molar-refractivity contribution in [2.75, 3.05) is 25.5 Å². The van der Waals surface area contributed by atoms with E-state index in [1.165, 1.54) is 16.8 Å². The third-order valence-corrected chi connectivity index (χ3v) is 4.00. The Morgan fingerprint density at radius 2 is 1.57 bits per heavy atom. The molecule has 0 atom stereocenters. The summed E-state index contributed by atoms with van der Waals surface area (Å²) in [6, 6.07) is 16.4. The number of aryl methyl sites for hydroxylation is 2. The minimum absolute atomic E-state index is 0.00982. The molecule has 3 nitrogen and oxygen atoms in total. The van der Waals surface area contributed by atoms with Crippen LogP contribution >= 0.6 is 0 Å². The smallest absolute Gasteiger partial charge is 0.251 e. The zero-order chi connectivity index (χ0) is 16.7. The second kappa shape index (κ2) is 8.37. The van der Waals surface area contributed by atoms with Gasteiger partial charge in [0.1, 0.15) is 0 Å². The molecule has 0 spiro atoms. The van der Waals surface area contributed by atoms with E-state index in [0.29, 0.717) is 6.54 Å². The van der Waals surface area contributed by atoms with Crippen LogP contribution in [0.1, 0.15) is 34.8 Å². The first-order chi connectivity index (χ1) is 11.1. The van der Waals surface area contributed by atoms with Gasteiger partial charge in [-0.2, -0.15) is 0 Å². The Morgan fingerprint density at radius 1 is 0.957 bits per heavy atom. The van der Waals surface area contributed by atoms with Crippen molar-refractivity contribution in [2.24, 2.45) is 0 Å². The lowest BCUT2D eigenvalue weighted by molar-refractivity contribution is 0.0953. The first kappa shape index (κ1) is 17.1. The quantitative estimate of drug-likeness (QED) is 0.791. The third kappa shape index (κ3) is 5.13. The molecule has 0 radical (unpaired) electrons. The lowest BCUT2D eigenvalue weighted by Gasteiger charge is -2.12. The molecule has 2 aromatic rings. The van der Waals surface area contributed by atoms with E-state index in [2.05, 4.69) is 41.4 Å². The fourth-order valence-corrected chi connectivity index (χ4v) is 2.45. The van der Waals surface area contributed by atoms with Crippen molar-refractivity contribution in [3.8, 4) is 0 Å². The van der Waals surface area contributed by atoms with Gasteiger partial charge >= 0.3 is 0 Å². The van der Waals surface area contributed by atoms with Crippen molar-refractivity contribution in [2.45, 2.75) is 26.2 Å². The van der Waals surface area contributed by atoms with Gasteiger partial charge in [-0.3, -0.25) is 4.79 Å². The predicted octanol–water partition coefficient (Wildman–Crippen LogP) is 3.68. The maximum atomic E-state index is 12.1. The largest absolute Gasteiger partial charge is 0.378 e. The van der Waals surface area contributed by atoms with Gasteiger partial charge in [0, 0.05) is 31.9 Å². The molecule has 0 saturated carbocycles. The van der Waals surface area contributed by atoms with E-state index in [0.717, 1.165) is 24.8 Å². The van der Waals surface area contributed by atoms with Crippen LogP contribution in [-0.4, -0.2) is 26.5 Å². The molecule has 0 bridgehead atoms. The second-order valence-electron chi connectivity index (χ2n) is 5.97. The number of benzene rings is 2. The maximum Gasteiger partial charge on any atom is 0.251 e. The molecule has 0 aliphatic carbocycles. The van der Waals surface area contributed by atoms with Gasteiger partial charge in [0.15, 0.2) is 0 Å². The van der Waals surface area contributed by atoms with E-state index in [-0.39, 0.29) is 5.91 Å². The highest BCUT2D eigenvalue weighted by Gasteiger charge is 2.04. The summed E-state index contributed by atoms with van der Waals surface area (Å²) < 4.78 is 0. The van der Waals surface area contributed by atoms with E-state index in [1.807, 2.05) is 38.4 Å². The molecule has 0 saturated heterocycles. The van der Waals surface area contributed by atoms with Crippen LogP contribution in [0.2, 0.25) is 0 Å². The van der Waals surface area contributed by atoms with Gasteiger partial charge < -0.3 is 10.2 Å². The van der Waals surface area contributed by atoms with Crippen LogP contribution in [0.25, 0.3) is 0 Å². The van der Waals surface area contributed by atoms with E-state index < -0.39 is 0 Å². The molecule has 0 unspecified atom stereocenters. The molecule has 0 heterocycles. The molecule has 2 rings (SSSR count). The van der Waals surface area contributed by atoms with Crippen molar-refractivity contribution in [1.29, 1.82) is 0 Å². The summed E-state index contributed by atoms with van der Waals surface area (Å²) in [4.78, 5) is 14.1. The van der Waals surface area contributed by atoms with Crippen molar-refractivity contribution in [3.05, 3.63) is 65.2 Å². The van der Waals surface area contributed by atoms with Crippen molar-refractivity contribution >= 4 is 11.6 Å². The highest BCUT2D eigenvalue weighted by atomic mass is 16.1. The number of hydrogen-bond donors (Lipinski definition) is 1. The van der Waals surface area contributed by atoms with Gasteiger partial charge in [0.2, 0.25) is 0 Å². The molecule has 1 N–H and O–H groups in total. The average Bonchev–Trinajstić information content (AvgIpc) is 2.59. The molecular formula is C20H26N2O. The van der Waals surface area contributed by atoms with Gasteiger partial charge in [-0.25, -0.2) is 0 Å². The summed E-state index contributed by atoms with van der Waals surface area (Å²) in [6.07, 6.45) is 2.91. The molecule has 0 aromatic heterocycles. The third-order valence-electron chi connectivity index (χ3n) is 4.00. The molecule has 0 fully saturated rings. The summed E-state index contributed by atoms with van der Waals surface area (Å²) in [5.41, 5.74) is 4.50. The number of nitrogens with zero attached hydrogens (tertiary/aromatic N) is 1. The van der Waals surface area contributed by atoms with Crippen LogP contribution in [0, 0.1) is 0 Å². The Morgan fingerprint density at radius 3 is 2.13 bits per heavy atom. The lowest BCUT2D eigenvalue weighted by Crippen LogP contribution is -2.24. The van der Waals surface area contributed by atoms with Crippen LogP contribution in [0.5, 0.6) is 0 Å². The fraction of sp³-hybridized carbons (Fsp3) is 0.350. The molecule has 3 heteroatoms. The Bertz CT molecular complexity index is 615. The Hall–Kier alpha value is -2.29. The van der Waals surface area contributed by atoms with Gasteiger partial charge in [-0.15, -0.1) is 0 Å². The summed E-state index contributed by atoms with van der Waals surface area (Å²) in [7, 11) is 4.08. The molecule has 23 heavy (non-hydrogen) atoms. The number of nitrogens with one attached hydrogen (secondary N) is 1. The number of amides is 1. The van der Waals surface area contributed by atoms with Crippen LogP contribution in [0.15, 0.2) is 48.5 Å². The van der Waals surface area contributed by atoms with Crippen molar-refractivity contribution < 1.29 is 4.79 Å². The standard InChI is InChI=1S/C20H26N2O/c1-4-16-7-11-18(12-8-16)20(23)21-15-5-6-17-9-13-19(14-10-17)22(2)3/h7-14H,4-6,15H2,1-3H3,(H,21,23). The first-order valence-corrected chi connectivity index (χ1v) is 8.23. The van der Waals surface area contributed by atoms with Crippen molar-refractivity contribution in [3.63, 3.8) is 0 Å². The van der Waals surface area contributed by atoms with Gasteiger partial charge in [-0.1, -0.05) is 31.2 Å². The van der Waals surface area contributed by atoms with Gasteiger partial charge in [0.05, 0.1) is 0 Å². The number of carbonyl (C=O) groups excluding carboxylic acids is 1. The summed E-state index contributed by atoms with van der Waals surface area (Å²) in [6.45, 7) is 2.81. The highest BCUT2D eigenvalue weighted by molar-refractivity contribution is 5.94. The zero-order valence-electron chi connectivity index (χ0n) is 14.3. The minimum Gasteiger partial charge on any atom is -0.378 e. The average molecular weight is 310 g/mol. The zero-order valence-corrected chi connectivity index (χ0v) is 14.3. The van der Waals surface area contributed by atoms with E-state index in [1.54, 1.807) is 0 Å². The second-order valence-corrected chi connectivity index (χ2v) is 5.97. The lowest BCUT2D eigenvalue weighted by atomic mass is 10.1. The van der Waals surface area contributed by atoms with E-state index >= 15 is 0 Å². The number of carbonyl (C=O) groups is 1. The Labute approximate surface area is 139 Å². The SMILES string of the molecule is CCc1ccc(C(=O)NCCCc2ccc(N(C)C)cc2)cc1. The molecule has 2 aromatic carbocycles. The van der Waals surface area contributed by atoms with Gasteiger partial charge in [0.25, 0.3) is 5.91 Å². The van der Waals surface area contributed by atoms with E-state index in [4.69, 9.17) is 0 Å². The maximum absolute atomic E-state index is 12.1. The predicted molar refractivity (Wildman–Crippen MR) is 97.2 cm³/mol. The van der Waals surface area contributed by atoms with Gasteiger partial charge in [-0.05, 0) is 54.7 Å². The highest BCUT2D eigenvalue weighted by Crippen LogP contribution is 2.13. The molecule has 122 valence electrons. The van der Waals surface area contributed by atoms with Crippen LogP contribution in [0.3, 0.4) is 0 Å². The fourth-order valence-electron chi connectivity index (χ4n) is 2.45. The Balaban J connectivity index is 1.74. The molecule has 1 amide bonds. The Kier molecular flexibility index (Phi) is 6.21. The molecular weight excluding hydrogens is 284 g/mol. The monoisotopic (exact) mass is 310 g/mol. The molecule has 0 aliphatic rings. The topological polar surface area (TPSA) is 32.3 Å². The number of rotatable bonds is 7. The summed E-state index contributed by atoms with van der Waals surface area (Å²) in [5, 5.41) is 2.99. The minimum atomic E-state index is 0.00982. The summed E-state index contributed by atoms with van der Waals surface area (Å²) in [5.74, 6) is 0.00982.